The molecule has 2 heterocycles. The van der Waals surface area contributed by atoms with Gasteiger partial charge in [-0.15, -0.1) is 0 Å². The number of benzene rings is 2. The van der Waals surface area contributed by atoms with Crippen molar-refractivity contribution in [3.05, 3.63) is 65.4 Å². The van der Waals surface area contributed by atoms with Crippen molar-refractivity contribution in [1.82, 2.24) is 9.97 Å². The maximum Gasteiger partial charge on any atom is 0.232 e. The third kappa shape index (κ3) is 2.90. The fourth-order valence-corrected chi connectivity index (χ4v) is 2.92. The van der Waals surface area contributed by atoms with Gasteiger partial charge in [-0.25, -0.2) is 9.97 Å². The fourth-order valence-electron chi connectivity index (χ4n) is 2.80. The highest BCUT2D eigenvalue weighted by Gasteiger charge is 2.17. The van der Waals surface area contributed by atoms with Crippen molar-refractivity contribution in [2.45, 2.75) is 6.92 Å². The van der Waals surface area contributed by atoms with Crippen LogP contribution in [0.15, 0.2) is 59.3 Å². The number of hydrogen-bond donors (Lipinski definition) is 2. The number of rotatable bonds is 3. The number of halogens is 1. The van der Waals surface area contributed by atoms with Gasteiger partial charge in [0.1, 0.15) is 17.9 Å². The molecule has 0 aliphatic rings. The van der Waals surface area contributed by atoms with Crippen LogP contribution in [-0.2, 0) is 0 Å². The number of furan rings is 1. The van der Waals surface area contributed by atoms with Gasteiger partial charge in [0.2, 0.25) is 5.71 Å². The number of aromatic nitrogens is 2. The predicted octanol–water partition coefficient (Wildman–Crippen LogP) is 5.18. The van der Waals surface area contributed by atoms with Gasteiger partial charge >= 0.3 is 0 Å². The quantitative estimate of drug-likeness (QED) is 0.498. The lowest BCUT2D eigenvalue weighted by atomic mass is 10.1. The summed E-state index contributed by atoms with van der Waals surface area (Å²) in [6.07, 6.45) is 1.48. The highest BCUT2D eigenvalue weighted by Crippen LogP contribution is 2.36. The molecular formula is C19H15ClN4O. The van der Waals surface area contributed by atoms with Gasteiger partial charge < -0.3 is 15.5 Å². The third-order valence-corrected chi connectivity index (χ3v) is 4.23. The zero-order valence-corrected chi connectivity index (χ0v) is 14.2. The van der Waals surface area contributed by atoms with Crippen molar-refractivity contribution in [2.75, 3.05) is 11.1 Å². The maximum atomic E-state index is 5.97. The SMILES string of the molecule is Cc1c(-c2ccc(Cl)cc2)oc2ncnc(Nc3cccc(N)c3)c12. The summed E-state index contributed by atoms with van der Waals surface area (Å²) in [5.41, 5.74) is 9.82. The molecule has 6 heteroatoms. The molecule has 0 fully saturated rings. The number of fused-ring (bicyclic) bond motifs is 1. The van der Waals surface area contributed by atoms with E-state index < -0.39 is 0 Å². The summed E-state index contributed by atoms with van der Waals surface area (Å²) in [6, 6.07) is 15.0. The van der Waals surface area contributed by atoms with Crippen molar-refractivity contribution in [2.24, 2.45) is 0 Å². The van der Waals surface area contributed by atoms with Crippen LogP contribution in [0, 0.1) is 6.92 Å². The lowest BCUT2D eigenvalue weighted by molar-refractivity contribution is 0.615. The Hall–Kier alpha value is -3.05. The first kappa shape index (κ1) is 15.5. The third-order valence-electron chi connectivity index (χ3n) is 3.98. The smallest absolute Gasteiger partial charge is 0.232 e. The Morgan fingerprint density at radius 2 is 1.88 bits per heavy atom. The molecule has 0 aliphatic carbocycles. The van der Waals surface area contributed by atoms with E-state index in [1.54, 1.807) is 0 Å². The molecule has 0 spiro atoms. The van der Waals surface area contributed by atoms with Gasteiger partial charge in [0, 0.05) is 27.5 Å². The molecule has 0 unspecified atom stereocenters. The summed E-state index contributed by atoms with van der Waals surface area (Å²) in [7, 11) is 0. The first-order valence-electron chi connectivity index (χ1n) is 7.74. The van der Waals surface area contributed by atoms with Gasteiger partial charge in [-0.05, 0) is 49.4 Å². The lowest BCUT2D eigenvalue weighted by Crippen LogP contribution is -1.96. The van der Waals surface area contributed by atoms with E-state index >= 15 is 0 Å². The second-order valence-corrected chi connectivity index (χ2v) is 6.15. The number of anilines is 3. The summed E-state index contributed by atoms with van der Waals surface area (Å²) in [5.74, 6) is 1.43. The van der Waals surface area contributed by atoms with Crippen LogP contribution in [0.5, 0.6) is 0 Å². The predicted molar refractivity (Wildman–Crippen MR) is 101 cm³/mol. The van der Waals surface area contributed by atoms with E-state index in [0.717, 1.165) is 28.0 Å². The van der Waals surface area contributed by atoms with Crippen LogP contribution in [-0.4, -0.2) is 9.97 Å². The minimum Gasteiger partial charge on any atom is -0.437 e. The molecular weight excluding hydrogens is 336 g/mol. The minimum atomic E-state index is 0.531. The average molecular weight is 351 g/mol. The first-order valence-corrected chi connectivity index (χ1v) is 8.12. The van der Waals surface area contributed by atoms with Crippen molar-refractivity contribution >= 4 is 39.9 Å². The molecule has 5 nitrogen and oxygen atoms in total. The molecule has 0 atom stereocenters. The van der Waals surface area contributed by atoms with Crippen molar-refractivity contribution in [3.8, 4) is 11.3 Å². The summed E-state index contributed by atoms with van der Waals surface area (Å²) < 4.78 is 5.97. The molecule has 0 radical (unpaired) electrons. The highest BCUT2D eigenvalue weighted by molar-refractivity contribution is 6.30. The Bertz CT molecular complexity index is 1060. The number of aryl methyl sites for hydroxylation is 1. The van der Waals surface area contributed by atoms with Crippen LogP contribution in [0.25, 0.3) is 22.4 Å². The molecule has 124 valence electrons. The van der Waals surface area contributed by atoms with Gasteiger partial charge in [0.25, 0.3) is 0 Å². The molecule has 0 saturated carbocycles. The van der Waals surface area contributed by atoms with E-state index in [9.17, 15) is 0 Å². The summed E-state index contributed by atoms with van der Waals surface area (Å²) in [5, 5.41) is 4.81. The molecule has 4 rings (SSSR count). The molecule has 25 heavy (non-hydrogen) atoms. The van der Waals surface area contributed by atoms with Crippen molar-refractivity contribution < 1.29 is 4.42 Å². The number of nitrogens with zero attached hydrogens (tertiary/aromatic N) is 2. The van der Waals surface area contributed by atoms with Gasteiger partial charge in [-0.3, -0.25) is 0 Å². The zero-order valence-electron chi connectivity index (χ0n) is 13.5. The fraction of sp³-hybridized carbons (Fsp3) is 0.0526. The normalized spacial score (nSPS) is 11.0. The summed E-state index contributed by atoms with van der Waals surface area (Å²) >= 11 is 5.97. The number of nitrogens with one attached hydrogen (secondary N) is 1. The summed E-state index contributed by atoms with van der Waals surface area (Å²) in [6.45, 7) is 1.99. The van der Waals surface area contributed by atoms with E-state index in [2.05, 4.69) is 15.3 Å². The van der Waals surface area contributed by atoms with E-state index in [1.165, 1.54) is 6.33 Å². The van der Waals surface area contributed by atoms with Gasteiger partial charge in [0.05, 0.1) is 5.39 Å². The molecule has 4 aromatic rings. The molecule has 0 bridgehead atoms. The molecule has 2 aromatic carbocycles. The van der Waals surface area contributed by atoms with Crippen LogP contribution in [0.4, 0.5) is 17.2 Å². The van der Waals surface area contributed by atoms with Crippen molar-refractivity contribution in [1.29, 1.82) is 0 Å². The van der Waals surface area contributed by atoms with Gasteiger partial charge in [-0.2, -0.15) is 0 Å². The summed E-state index contributed by atoms with van der Waals surface area (Å²) in [4.78, 5) is 8.63. The molecule has 0 aliphatic heterocycles. The van der Waals surface area contributed by atoms with Gasteiger partial charge in [0.15, 0.2) is 0 Å². The number of nitrogen functional groups attached to an aromatic ring is 1. The Kier molecular flexibility index (Phi) is 3.78. The molecule has 0 saturated heterocycles. The van der Waals surface area contributed by atoms with Crippen LogP contribution < -0.4 is 11.1 Å². The minimum absolute atomic E-state index is 0.531. The molecule has 2 aromatic heterocycles. The first-order chi connectivity index (χ1) is 12.1. The lowest BCUT2D eigenvalue weighted by Gasteiger charge is -2.07. The second kappa shape index (κ2) is 6.11. The maximum absolute atomic E-state index is 5.97. The Morgan fingerprint density at radius 3 is 2.64 bits per heavy atom. The van der Waals surface area contributed by atoms with E-state index in [0.29, 0.717) is 22.2 Å². The topological polar surface area (TPSA) is 77.0 Å². The van der Waals surface area contributed by atoms with Crippen LogP contribution in [0.1, 0.15) is 5.56 Å². The second-order valence-electron chi connectivity index (χ2n) is 5.72. The monoisotopic (exact) mass is 350 g/mol. The zero-order chi connectivity index (χ0) is 17.4. The average Bonchev–Trinajstić information content (AvgIpc) is 2.94. The van der Waals surface area contributed by atoms with Crippen molar-refractivity contribution in [3.63, 3.8) is 0 Å². The Morgan fingerprint density at radius 1 is 1.08 bits per heavy atom. The van der Waals surface area contributed by atoms with E-state index in [-0.39, 0.29) is 0 Å². The molecule has 0 amide bonds. The highest BCUT2D eigenvalue weighted by atomic mass is 35.5. The van der Waals surface area contributed by atoms with Crippen LogP contribution in [0.3, 0.4) is 0 Å². The van der Waals surface area contributed by atoms with Crippen LogP contribution >= 0.6 is 11.6 Å². The molecule has 3 N–H and O–H groups in total. The Labute approximate surface area is 149 Å². The van der Waals surface area contributed by atoms with E-state index in [1.807, 2.05) is 55.5 Å². The van der Waals surface area contributed by atoms with E-state index in [4.69, 9.17) is 21.8 Å². The standard InChI is InChI=1S/C19H15ClN4O/c1-11-16-18(24-15-4-2-3-14(21)9-15)22-10-23-19(16)25-17(11)12-5-7-13(20)8-6-12/h2-10H,21H2,1H3,(H,22,23,24). The van der Waals surface area contributed by atoms with Crippen LogP contribution in [0.2, 0.25) is 5.02 Å². The number of nitrogens with two attached hydrogens (primary N) is 1. The number of hydrogen-bond acceptors (Lipinski definition) is 5. The largest absolute Gasteiger partial charge is 0.437 e. The van der Waals surface area contributed by atoms with Gasteiger partial charge in [-0.1, -0.05) is 17.7 Å². The Balaban J connectivity index is 1.82.